The van der Waals surface area contributed by atoms with Crippen LogP contribution in [-0.4, -0.2) is 57.0 Å². The highest BCUT2D eigenvalue weighted by molar-refractivity contribution is 7.52. The second kappa shape index (κ2) is 11.8. The van der Waals surface area contributed by atoms with Crippen LogP contribution in [0.5, 0.6) is 5.75 Å². The van der Waals surface area contributed by atoms with E-state index in [-0.39, 0.29) is 5.75 Å². The topological polar surface area (TPSA) is 158 Å². The van der Waals surface area contributed by atoms with Crippen molar-refractivity contribution >= 4 is 13.7 Å². The summed E-state index contributed by atoms with van der Waals surface area (Å²) in [6.07, 6.45) is -3.96. The van der Waals surface area contributed by atoms with Crippen molar-refractivity contribution in [3.05, 3.63) is 81.8 Å². The number of aliphatic hydroxyl groups excluding tert-OH is 1. The van der Waals surface area contributed by atoms with Crippen LogP contribution in [-0.2, 0) is 23.4 Å². The number of para-hydroxylation sites is 1. The largest absolute Gasteiger partial charge is 0.462 e. The van der Waals surface area contributed by atoms with Gasteiger partial charge in [0.1, 0.15) is 18.4 Å². The number of aliphatic hydroxyl groups is 1. The minimum Gasteiger partial charge on any atom is -0.462 e. The van der Waals surface area contributed by atoms with E-state index in [2.05, 4.69) is 17.4 Å². The molecule has 15 heteroatoms. The third kappa shape index (κ3) is 6.80. The molecule has 6 atom stereocenters. The molecule has 212 valence electrons. The zero-order valence-electron chi connectivity index (χ0n) is 21.2. The third-order valence-electron chi connectivity index (χ3n) is 5.40. The molecule has 1 saturated heterocycles. The van der Waals surface area contributed by atoms with Gasteiger partial charge in [0.15, 0.2) is 12.3 Å². The predicted octanol–water partition coefficient (Wildman–Crippen LogP) is 2.27. The minimum absolute atomic E-state index is 0.00524. The Kier molecular flexibility index (Phi) is 9.12. The molecule has 0 saturated carbocycles. The minimum atomic E-state index is -4.64. The summed E-state index contributed by atoms with van der Waals surface area (Å²) in [4.78, 5) is 37.9. The number of hydrogen-bond donors (Lipinski definition) is 3. The molecule has 2 aromatic rings. The first-order chi connectivity index (χ1) is 18.2. The summed E-state index contributed by atoms with van der Waals surface area (Å²) in [6.45, 7) is 6.30. The van der Waals surface area contributed by atoms with Crippen molar-refractivity contribution in [3.8, 4) is 5.75 Å². The normalized spacial score (nSPS) is 26.8. The van der Waals surface area contributed by atoms with Gasteiger partial charge < -0.3 is 19.1 Å². The van der Waals surface area contributed by atoms with Gasteiger partial charge >= 0.3 is 19.4 Å². The maximum atomic E-state index is 16.0. The highest BCUT2D eigenvalue weighted by atomic mass is 31.2. The molecule has 1 aliphatic rings. The number of ether oxygens (including phenoxy) is 2. The maximum absolute atomic E-state index is 16.0. The van der Waals surface area contributed by atoms with Crippen molar-refractivity contribution in [2.75, 3.05) is 6.61 Å². The fourth-order valence-corrected chi connectivity index (χ4v) is 5.12. The summed E-state index contributed by atoms with van der Waals surface area (Å²) in [7, 11) is -4.64. The molecule has 1 aromatic carbocycles. The van der Waals surface area contributed by atoms with Crippen LogP contribution < -0.4 is 20.9 Å². The number of rotatable bonds is 11. The van der Waals surface area contributed by atoms with Gasteiger partial charge in [-0.25, -0.2) is 18.1 Å². The van der Waals surface area contributed by atoms with Crippen LogP contribution in [0.1, 0.15) is 27.0 Å². The summed E-state index contributed by atoms with van der Waals surface area (Å²) in [5.74, 6) is -4.25. The molecule has 3 rings (SSSR count). The fourth-order valence-electron chi connectivity index (χ4n) is 3.61. The predicted molar refractivity (Wildman–Crippen MR) is 133 cm³/mol. The first kappa shape index (κ1) is 30.2. The molecule has 3 N–H and O–H groups in total. The molecule has 0 radical (unpaired) electrons. The van der Waals surface area contributed by atoms with E-state index < -0.39 is 67.6 Å². The number of carbonyl (C=O) groups excluding carboxylic acids is 1. The van der Waals surface area contributed by atoms with Crippen LogP contribution in [0.25, 0.3) is 0 Å². The lowest BCUT2D eigenvalue weighted by Gasteiger charge is -2.28. The van der Waals surface area contributed by atoms with Gasteiger partial charge in [0, 0.05) is 18.3 Å². The van der Waals surface area contributed by atoms with Crippen molar-refractivity contribution < 1.29 is 41.8 Å². The van der Waals surface area contributed by atoms with E-state index in [1.807, 2.05) is 4.98 Å². The highest BCUT2D eigenvalue weighted by Gasteiger charge is 2.66. The van der Waals surface area contributed by atoms with Gasteiger partial charge in [-0.05, 0) is 32.9 Å². The Morgan fingerprint density at radius 2 is 1.97 bits per heavy atom. The average molecular weight is 571 g/mol. The summed E-state index contributed by atoms with van der Waals surface area (Å²) < 4.78 is 66.9. The van der Waals surface area contributed by atoms with E-state index in [0.717, 1.165) is 12.3 Å². The SMILES string of the molecule is C=C=C[C@]1(F)[C@H](n2ccc(=O)[nH]c2=O)O[C@](F)(COP(=O)(NC(C)C(=O)OC(C)C)Oc2ccccc2)[C@H]1O. The van der Waals surface area contributed by atoms with E-state index in [1.165, 1.54) is 19.1 Å². The van der Waals surface area contributed by atoms with Gasteiger partial charge in [0.25, 0.3) is 11.4 Å². The number of aromatic amines is 1. The van der Waals surface area contributed by atoms with Crippen LogP contribution in [0.15, 0.2) is 70.6 Å². The zero-order valence-corrected chi connectivity index (χ0v) is 22.1. The molecular weight excluding hydrogens is 543 g/mol. The second-order valence-electron chi connectivity index (χ2n) is 8.86. The Bertz CT molecular complexity index is 1390. The quantitative estimate of drug-likeness (QED) is 0.208. The molecule has 2 unspecified atom stereocenters. The summed E-state index contributed by atoms with van der Waals surface area (Å²) in [6, 6.07) is 7.11. The van der Waals surface area contributed by atoms with Crippen molar-refractivity contribution in [3.63, 3.8) is 0 Å². The number of nitrogens with one attached hydrogen (secondary N) is 2. The number of carbonyl (C=O) groups is 1. The number of esters is 1. The fraction of sp³-hybridized carbons (Fsp3) is 0.417. The number of alkyl halides is 2. The van der Waals surface area contributed by atoms with Crippen molar-refractivity contribution in [1.82, 2.24) is 14.6 Å². The molecule has 12 nitrogen and oxygen atoms in total. The van der Waals surface area contributed by atoms with Crippen LogP contribution in [0.3, 0.4) is 0 Å². The summed E-state index contributed by atoms with van der Waals surface area (Å²) in [5, 5.41) is 13.0. The monoisotopic (exact) mass is 571 g/mol. The molecule has 0 bridgehead atoms. The van der Waals surface area contributed by atoms with E-state index >= 15 is 8.78 Å². The summed E-state index contributed by atoms with van der Waals surface area (Å²) >= 11 is 0. The van der Waals surface area contributed by atoms with E-state index in [9.17, 15) is 24.1 Å². The number of nitrogens with zero attached hydrogens (tertiary/aromatic N) is 1. The molecule has 39 heavy (non-hydrogen) atoms. The van der Waals surface area contributed by atoms with Crippen LogP contribution in [0.4, 0.5) is 8.78 Å². The zero-order chi connectivity index (χ0) is 29.0. The smallest absolute Gasteiger partial charge is 0.459 e. The van der Waals surface area contributed by atoms with Crippen LogP contribution in [0, 0.1) is 0 Å². The number of aromatic nitrogens is 2. The van der Waals surface area contributed by atoms with Gasteiger partial charge in [-0.3, -0.25) is 23.7 Å². The number of hydrogen-bond acceptors (Lipinski definition) is 9. The lowest BCUT2D eigenvalue weighted by Crippen LogP contribution is -2.48. The van der Waals surface area contributed by atoms with Gasteiger partial charge in [-0.2, -0.15) is 5.09 Å². The molecule has 0 spiro atoms. The van der Waals surface area contributed by atoms with E-state index in [4.69, 9.17) is 18.5 Å². The molecule has 1 aliphatic heterocycles. The Morgan fingerprint density at radius 3 is 2.56 bits per heavy atom. The lowest BCUT2D eigenvalue weighted by molar-refractivity contribution is -0.204. The highest BCUT2D eigenvalue weighted by Crippen LogP contribution is 2.52. The standard InChI is InChI=1S/C24H28F2N3O9P/c1-5-12-23(25)20(32)24(26,37-21(23)29-13-11-18(30)27-22(29)33)14-35-39(34,38-17-9-7-6-8-10-17)28-16(4)19(31)36-15(2)3/h6-13,15-16,20-21,32H,1,14H2,2-4H3,(H,28,34)(H,27,30,33)/t16?,20-,21+,23+,24+,39?/m0/s1. The molecule has 2 heterocycles. The molecule has 0 aliphatic carbocycles. The van der Waals surface area contributed by atoms with Crippen LogP contribution >= 0.6 is 7.75 Å². The van der Waals surface area contributed by atoms with Crippen molar-refractivity contribution in [1.29, 1.82) is 0 Å². The average Bonchev–Trinajstić information content (AvgIpc) is 3.05. The maximum Gasteiger partial charge on any atom is 0.459 e. The third-order valence-corrected chi connectivity index (χ3v) is 7.02. The lowest BCUT2D eigenvalue weighted by atomic mass is 9.95. The van der Waals surface area contributed by atoms with Gasteiger partial charge in [-0.1, -0.05) is 24.8 Å². The molecule has 0 amide bonds. The molecule has 1 aromatic heterocycles. The van der Waals surface area contributed by atoms with E-state index in [1.54, 1.807) is 32.0 Å². The Morgan fingerprint density at radius 1 is 1.31 bits per heavy atom. The van der Waals surface area contributed by atoms with Gasteiger partial charge in [0.2, 0.25) is 5.67 Å². The number of halogens is 2. The van der Waals surface area contributed by atoms with E-state index in [0.29, 0.717) is 10.6 Å². The molecule has 1 fully saturated rings. The Labute approximate surface area is 221 Å². The van der Waals surface area contributed by atoms with Gasteiger partial charge in [0.05, 0.1) is 6.10 Å². The first-order valence-electron chi connectivity index (χ1n) is 11.6. The second-order valence-corrected chi connectivity index (χ2v) is 10.6. The van der Waals surface area contributed by atoms with Crippen molar-refractivity contribution in [2.45, 2.75) is 56.8 Å². The molecular formula is C24H28F2N3O9P. The Balaban J connectivity index is 1.93. The summed E-state index contributed by atoms with van der Waals surface area (Å²) in [5.41, 5.74) is -3.05. The number of benzene rings is 1. The van der Waals surface area contributed by atoms with Crippen molar-refractivity contribution in [2.24, 2.45) is 0 Å². The first-order valence-corrected chi connectivity index (χ1v) is 13.2. The van der Waals surface area contributed by atoms with Crippen LogP contribution in [0.2, 0.25) is 0 Å². The number of H-pyrrole nitrogens is 1. The van der Waals surface area contributed by atoms with Gasteiger partial charge in [-0.15, -0.1) is 5.73 Å². The Hall–Kier alpha value is -3.38.